The summed E-state index contributed by atoms with van der Waals surface area (Å²) in [6.07, 6.45) is 4.64. The van der Waals surface area contributed by atoms with Crippen LogP contribution in [0.4, 0.5) is 5.69 Å². The minimum Gasteiger partial charge on any atom is -0.497 e. The molecule has 8 heteroatoms. The van der Waals surface area contributed by atoms with Crippen molar-refractivity contribution in [2.45, 2.75) is 6.92 Å². The van der Waals surface area contributed by atoms with E-state index >= 15 is 0 Å². The number of amides is 1. The summed E-state index contributed by atoms with van der Waals surface area (Å²) in [6, 6.07) is 18.7. The number of carbonyl (C=O) groups is 2. The lowest BCUT2D eigenvalue weighted by Gasteiger charge is -2.14. The van der Waals surface area contributed by atoms with E-state index in [1.807, 2.05) is 48.5 Å². The third-order valence-corrected chi connectivity index (χ3v) is 5.55. The molecule has 0 aliphatic heterocycles. The van der Waals surface area contributed by atoms with Crippen molar-refractivity contribution >= 4 is 34.5 Å². The number of hydrogen-bond donors (Lipinski definition) is 1. The Kier molecular flexibility index (Phi) is 7.68. The first-order valence-electron chi connectivity index (χ1n) is 11.4. The van der Waals surface area contributed by atoms with Gasteiger partial charge in [-0.1, -0.05) is 30.3 Å². The van der Waals surface area contributed by atoms with Gasteiger partial charge in [-0.3, -0.25) is 14.6 Å². The monoisotopic (exact) mass is 498 g/mol. The van der Waals surface area contributed by atoms with Crippen LogP contribution in [0.1, 0.15) is 12.5 Å². The van der Waals surface area contributed by atoms with Crippen molar-refractivity contribution in [3.8, 4) is 34.1 Å². The van der Waals surface area contributed by atoms with E-state index in [1.54, 1.807) is 31.5 Å². The number of methoxy groups -OCH3 is 3. The van der Waals surface area contributed by atoms with Crippen LogP contribution in [0, 0.1) is 0 Å². The number of esters is 1. The molecule has 4 aromatic rings. The fourth-order valence-electron chi connectivity index (χ4n) is 3.90. The van der Waals surface area contributed by atoms with Crippen LogP contribution < -0.4 is 24.3 Å². The summed E-state index contributed by atoms with van der Waals surface area (Å²) in [5, 5.41) is 3.79. The molecule has 188 valence electrons. The van der Waals surface area contributed by atoms with E-state index in [0.29, 0.717) is 28.5 Å². The highest BCUT2D eigenvalue weighted by atomic mass is 16.6. The van der Waals surface area contributed by atoms with Gasteiger partial charge in [0.15, 0.2) is 11.5 Å². The van der Waals surface area contributed by atoms with Gasteiger partial charge in [0.05, 0.1) is 38.7 Å². The molecule has 1 aromatic heterocycles. The third-order valence-electron chi connectivity index (χ3n) is 5.55. The van der Waals surface area contributed by atoms with E-state index in [2.05, 4.69) is 10.3 Å². The molecule has 0 unspecified atom stereocenters. The van der Waals surface area contributed by atoms with E-state index in [0.717, 1.165) is 22.0 Å². The van der Waals surface area contributed by atoms with Crippen molar-refractivity contribution in [1.82, 2.24) is 4.98 Å². The van der Waals surface area contributed by atoms with Crippen LogP contribution in [-0.2, 0) is 9.59 Å². The fourth-order valence-corrected chi connectivity index (χ4v) is 3.90. The number of fused-ring (bicyclic) bond motifs is 1. The van der Waals surface area contributed by atoms with Gasteiger partial charge in [0, 0.05) is 23.9 Å². The van der Waals surface area contributed by atoms with Crippen LogP contribution in [0.3, 0.4) is 0 Å². The van der Waals surface area contributed by atoms with Gasteiger partial charge in [-0.2, -0.15) is 0 Å². The maximum absolute atomic E-state index is 13.0. The molecule has 0 spiro atoms. The second-order valence-electron chi connectivity index (χ2n) is 7.97. The van der Waals surface area contributed by atoms with Crippen LogP contribution in [0.5, 0.6) is 23.0 Å². The number of benzene rings is 3. The molecule has 0 saturated carbocycles. The Hall–Kier alpha value is -4.85. The molecule has 1 N–H and O–H groups in total. The maximum Gasteiger partial charge on any atom is 0.308 e. The molecule has 37 heavy (non-hydrogen) atoms. The van der Waals surface area contributed by atoms with Crippen LogP contribution in [0.15, 0.2) is 72.9 Å². The van der Waals surface area contributed by atoms with Crippen LogP contribution >= 0.6 is 0 Å². The summed E-state index contributed by atoms with van der Waals surface area (Å²) in [5.41, 5.74) is 3.71. The zero-order chi connectivity index (χ0) is 26.4. The average Bonchev–Trinajstić information content (AvgIpc) is 2.91. The highest BCUT2D eigenvalue weighted by molar-refractivity contribution is 6.09. The van der Waals surface area contributed by atoms with Crippen molar-refractivity contribution in [1.29, 1.82) is 0 Å². The number of carbonyl (C=O) groups excluding carboxylic acids is 2. The van der Waals surface area contributed by atoms with Gasteiger partial charge in [0.25, 0.3) is 0 Å². The molecule has 0 bridgehead atoms. The second-order valence-corrected chi connectivity index (χ2v) is 7.97. The number of hydrogen-bond acceptors (Lipinski definition) is 7. The predicted molar refractivity (Wildman–Crippen MR) is 142 cm³/mol. The van der Waals surface area contributed by atoms with Crippen molar-refractivity contribution in [3.05, 3.63) is 78.5 Å². The predicted octanol–water partition coefficient (Wildman–Crippen LogP) is 5.50. The summed E-state index contributed by atoms with van der Waals surface area (Å²) >= 11 is 0. The van der Waals surface area contributed by atoms with E-state index in [-0.39, 0.29) is 11.7 Å². The summed E-state index contributed by atoms with van der Waals surface area (Å²) in [4.78, 5) is 28.9. The molecule has 0 saturated heterocycles. The van der Waals surface area contributed by atoms with E-state index < -0.39 is 5.97 Å². The van der Waals surface area contributed by atoms with Gasteiger partial charge in [0.1, 0.15) is 5.75 Å². The highest BCUT2D eigenvalue weighted by Gasteiger charge is 2.16. The van der Waals surface area contributed by atoms with E-state index in [9.17, 15) is 9.59 Å². The Morgan fingerprint density at radius 1 is 0.892 bits per heavy atom. The summed E-state index contributed by atoms with van der Waals surface area (Å²) < 4.78 is 21.3. The lowest BCUT2D eigenvalue weighted by Crippen LogP contribution is -2.09. The van der Waals surface area contributed by atoms with E-state index in [4.69, 9.17) is 18.9 Å². The van der Waals surface area contributed by atoms with Crippen LogP contribution in [0.25, 0.3) is 28.1 Å². The number of pyridine rings is 1. The standard InChI is InChI=1S/C29H26N2O6/c1-18(32)37-29-25(35-3)14-19(15-26(29)36-4)10-13-27(33)31-24-17-30-23-12-11-21(34-2)16-22(23)28(24)20-8-6-5-7-9-20/h5-17H,1-4H3,(H,31,33). The molecule has 4 rings (SSSR count). The smallest absolute Gasteiger partial charge is 0.308 e. The van der Waals surface area contributed by atoms with Crippen LogP contribution in [0.2, 0.25) is 0 Å². The van der Waals surface area contributed by atoms with E-state index in [1.165, 1.54) is 27.2 Å². The topological polar surface area (TPSA) is 96.0 Å². The molecule has 0 atom stereocenters. The lowest BCUT2D eigenvalue weighted by atomic mass is 9.99. The number of ether oxygens (including phenoxy) is 4. The Morgan fingerprint density at radius 3 is 2.22 bits per heavy atom. The van der Waals surface area contributed by atoms with Gasteiger partial charge < -0.3 is 24.3 Å². The minimum absolute atomic E-state index is 0.171. The molecule has 0 aliphatic rings. The largest absolute Gasteiger partial charge is 0.497 e. The Bertz CT molecular complexity index is 1460. The summed E-state index contributed by atoms with van der Waals surface area (Å²) in [6.45, 7) is 1.29. The SMILES string of the molecule is COc1ccc2ncc(NC(=O)C=Cc3cc(OC)c(OC(C)=O)c(OC)c3)c(-c3ccccc3)c2c1. The third kappa shape index (κ3) is 5.70. The Labute approximate surface area is 214 Å². The molecule has 1 amide bonds. The first kappa shape index (κ1) is 25.2. The first-order chi connectivity index (χ1) is 17.9. The van der Waals surface area contributed by atoms with Crippen molar-refractivity contribution < 1.29 is 28.5 Å². The minimum atomic E-state index is -0.505. The van der Waals surface area contributed by atoms with Gasteiger partial charge >= 0.3 is 5.97 Å². The average molecular weight is 499 g/mol. The molecule has 3 aromatic carbocycles. The lowest BCUT2D eigenvalue weighted by molar-refractivity contribution is -0.132. The molecule has 8 nitrogen and oxygen atoms in total. The van der Waals surface area contributed by atoms with Gasteiger partial charge in [-0.05, 0) is 47.5 Å². The molecule has 0 radical (unpaired) electrons. The van der Waals surface area contributed by atoms with Crippen molar-refractivity contribution in [2.24, 2.45) is 0 Å². The van der Waals surface area contributed by atoms with Gasteiger partial charge in [-0.25, -0.2) is 0 Å². The molecular formula is C29H26N2O6. The number of nitrogens with one attached hydrogen (secondary N) is 1. The molecule has 1 heterocycles. The Morgan fingerprint density at radius 2 is 1.59 bits per heavy atom. The Balaban J connectivity index is 1.68. The highest BCUT2D eigenvalue weighted by Crippen LogP contribution is 2.39. The second kappa shape index (κ2) is 11.3. The number of rotatable bonds is 8. The quantitative estimate of drug-likeness (QED) is 0.195. The van der Waals surface area contributed by atoms with Crippen molar-refractivity contribution in [3.63, 3.8) is 0 Å². The number of anilines is 1. The molecule has 0 aliphatic carbocycles. The maximum atomic E-state index is 13.0. The molecule has 0 fully saturated rings. The zero-order valence-electron chi connectivity index (χ0n) is 20.9. The number of nitrogens with zero attached hydrogens (tertiary/aromatic N) is 1. The zero-order valence-corrected chi connectivity index (χ0v) is 20.9. The number of aromatic nitrogens is 1. The first-order valence-corrected chi connectivity index (χ1v) is 11.4. The fraction of sp³-hybridized carbons (Fsp3) is 0.138. The summed E-state index contributed by atoms with van der Waals surface area (Å²) in [7, 11) is 4.51. The van der Waals surface area contributed by atoms with Gasteiger partial charge in [0.2, 0.25) is 11.7 Å². The summed E-state index contributed by atoms with van der Waals surface area (Å²) in [5.74, 6) is 0.597. The van der Waals surface area contributed by atoms with Gasteiger partial charge in [-0.15, -0.1) is 0 Å². The van der Waals surface area contributed by atoms with Crippen LogP contribution in [-0.4, -0.2) is 38.2 Å². The molecular weight excluding hydrogens is 472 g/mol. The normalized spacial score (nSPS) is 10.8. The van der Waals surface area contributed by atoms with Crippen molar-refractivity contribution in [2.75, 3.05) is 26.6 Å².